The second-order valence-corrected chi connectivity index (χ2v) is 5.35. The smallest absolute Gasteiger partial charge is 0.180 e. The summed E-state index contributed by atoms with van der Waals surface area (Å²) in [5.41, 5.74) is 6.84. The zero-order valence-electron chi connectivity index (χ0n) is 10.7. The molecule has 0 aliphatic carbocycles. The lowest BCUT2D eigenvalue weighted by Crippen LogP contribution is -2.21. The van der Waals surface area contributed by atoms with E-state index in [-0.39, 0.29) is 12.4 Å². The van der Waals surface area contributed by atoms with Crippen LogP contribution in [0.5, 0.6) is 0 Å². The molecule has 0 bridgehead atoms. The fraction of sp³-hybridized carbons (Fsp3) is 0.455. The SMILES string of the molecule is CC(c1cnn(C)c1)N(C)Cc1cnc(N)s1.Cl. The van der Waals surface area contributed by atoms with E-state index in [4.69, 9.17) is 5.73 Å². The second-order valence-electron chi connectivity index (χ2n) is 4.20. The Labute approximate surface area is 117 Å². The topological polar surface area (TPSA) is 60.0 Å². The highest BCUT2D eigenvalue weighted by Gasteiger charge is 2.14. The first-order valence-corrected chi connectivity index (χ1v) is 6.27. The minimum atomic E-state index is 0. The van der Waals surface area contributed by atoms with Crippen LogP contribution < -0.4 is 5.73 Å². The van der Waals surface area contributed by atoms with E-state index in [9.17, 15) is 0 Å². The number of nitrogen functional groups attached to an aromatic ring is 1. The predicted molar refractivity (Wildman–Crippen MR) is 76.9 cm³/mol. The summed E-state index contributed by atoms with van der Waals surface area (Å²) >= 11 is 1.54. The van der Waals surface area contributed by atoms with Gasteiger partial charge >= 0.3 is 0 Å². The van der Waals surface area contributed by atoms with Gasteiger partial charge in [0.2, 0.25) is 0 Å². The molecular weight excluding hydrogens is 270 g/mol. The molecule has 0 amide bonds. The molecule has 0 aliphatic rings. The number of halogens is 1. The van der Waals surface area contributed by atoms with Gasteiger partial charge in [0.1, 0.15) is 0 Å². The molecule has 0 aliphatic heterocycles. The number of aryl methyl sites for hydroxylation is 1. The first kappa shape index (κ1) is 14.9. The van der Waals surface area contributed by atoms with Crippen LogP contribution in [-0.4, -0.2) is 26.7 Å². The van der Waals surface area contributed by atoms with Crippen molar-refractivity contribution in [3.8, 4) is 0 Å². The summed E-state index contributed by atoms with van der Waals surface area (Å²) in [4.78, 5) is 7.49. The summed E-state index contributed by atoms with van der Waals surface area (Å²) in [6.45, 7) is 3.02. The molecule has 18 heavy (non-hydrogen) atoms. The minimum Gasteiger partial charge on any atom is -0.375 e. The molecule has 2 heterocycles. The average molecular weight is 288 g/mol. The molecular formula is C11H18ClN5S. The normalized spacial score (nSPS) is 12.4. The number of nitrogens with zero attached hydrogens (tertiary/aromatic N) is 4. The second kappa shape index (κ2) is 6.17. The molecule has 0 spiro atoms. The number of hydrogen-bond acceptors (Lipinski definition) is 5. The van der Waals surface area contributed by atoms with Gasteiger partial charge < -0.3 is 5.73 Å². The zero-order valence-corrected chi connectivity index (χ0v) is 12.3. The average Bonchev–Trinajstić information content (AvgIpc) is 2.87. The molecule has 1 atom stereocenters. The van der Waals surface area contributed by atoms with Crippen molar-refractivity contribution in [3.05, 3.63) is 29.0 Å². The number of anilines is 1. The van der Waals surface area contributed by atoms with Gasteiger partial charge in [-0.25, -0.2) is 4.98 Å². The Morgan fingerprint density at radius 2 is 2.22 bits per heavy atom. The summed E-state index contributed by atoms with van der Waals surface area (Å²) in [5, 5.41) is 4.82. The summed E-state index contributed by atoms with van der Waals surface area (Å²) < 4.78 is 1.82. The molecule has 2 rings (SSSR count). The van der Waals surface area contributed by atoms with Crippen molar-refractivity contribution in [2.75, 3.05) is 12.8 Å². The molecule has 7 heteroatoms. The standard InChI is InChI=1S/C11H17N5S.ClH/c1-8(9-4-14-16(3)6-9)15(2)7-10-5-13-11(12)17-10;/h4-6,8H,7H2,1-3H3,(H2,12,13);1H. The lowest BCUT2D eigenvalue weighted by Gasteiger charge is -2.22. The van der Waals surface area contributed by atoms with E-state index in [0.29, 0.717) is 11.2 Å². The first-order chi connectivity index (χ1) is 8.06. The molecule has 5 nitrogen and oxygen atoms in total. The maximum absolute atomic E-state index is 5.62. The Morgan fingerprint density at radius 3 is 2.72 bits per heavy atom. The van der Waals surface area contributed by atoms with Gasteiger partial charge in [-0.2, -0.15) is 5.10 Å². The van der Waals surface area contributed by atoms with E-state index >= 15 is 0 Å². The van der Waals surface area contributed by atoms with Crippen LogP contribution in [0.4, 0.5) is 5.13 Å². The van der Waals surface area contributed by atoms with Gasteiger partial charge in [-0.3, -0.25) is 9.58 Å². The molecule has 0 radical (unpaired) electrons. The minimum absolute atomic E-state index is 0. The van der Waals surface area contributed by atoms with Gasteiger partial charge in [-0.15, -0.1) is 23.7 Å². The third-order valence-electron chi connectivity index (χ3n) is 2.85. The van der Waals surface area contributed by atoms with Gasteiger partial charge in [0, 0.05) is 42.5 Å². The highest BCUT2D eigenvalue weighted by molar-refractivity contribution is 7.15. The van der Waals surface area contributed by atoms with Crippen molar-refractivity contribution in [2.24, 2.45) is 7.05 Å². The molecule has 100 valence electrons. The van der Waals surface area contributed by atoms with E-state index in [1.54, 1.807) is 0 Å². The lowest BCUT2D eigenvalue weighted by molar-refractivity contribution is 0.255. The fourth-order valence-electron chi connectivity index (χ4n) is 1.69. The monoisotopic (exact) mass is 287 g/mol. The van der Waals surface area contributed by atoms with Crippen LogP contribution in [0.3, 0.4) is 0 Å². The highest BCUT2D eigenvalue weighted by Crippen LogP contribution is 2.22. The summed E-state index contributed by atoms with van der Waals surface area (Å²) in [7, 11) is 4.02. The summed E-state index contributed by atoms with van der Waals surface area (Å²) in [6, 6.07) is 0.326. The van der Waals surface area contributed by atoms with Crippen LogP contribution >= 0.6 is 23.7 Å². The van der Waals surface area contributed by atoms with Crippen LogP contribution in [-0.2, 0) is 13.6 Å². The lowest BCUT2D eigenvalue weighted by atomic mass is 10.1. The molecule has 1 unspecified atom stereocenters. The quantitative estimate of drug-likeness (QED) is 0.935. The summed E-state index contributed by atoms with van der Waals surface area (Å²) in [6.07, 6.45) is 5.79. The fourth-order valence-corrected chi connectivity index (χ4v) is 2.44. The molecule has 0 aromatic carbocycles. The van der Waals surface area contributed by atoms with Crippen LogP contribution in [0.2, 0.25) is 0 Å². The van der Waals surface area contributed by atoms with Gasteiger partial charge in [0.15, 0.2) is 5.13 Å². The predicted octanol–water partition coefficient (Wildman–Crippen LogP) is 2.07. The van der Waals surface area contributed by atoms with E-state index in [0.717, 1.165) is 6.54 Å². The molecule has 2 N–H and O–H groups in total. The third kappa shape index (κ3) is 3.44. The molecule has 2 aromatic rings. The van der Waals surface area contributed by atoms with E-state index < -0.39 is 0 Å². The van der Waals surface area contributed by atoms with Crippen LogP contribution in [0.15, 0.2) is 18.6 Å². The van der Waals surface area contributed by atoms with Crippen LogP contribution in [0.25, 0.3) is 0 Å². The number of nitrogens with two attached hydrogens (primary N) is 1. The first-order valence-electron chi connectivity index (χ1n) is 5.45. The third-order valence-corrected chi connectivity index (χ3v) is 3.66. The number of rotatable bonds is 4. The van der Waals surface area contributed by atoms with Gasteiger partial charge in [-0.1, -0.05) is 0 Å². The van der Waals surface area contributed by atoms with Crippen molar-refractivity contribution in [3.63, 3.8) is 0 Å². The largest absolute Gasteiger partial charge is 0.375 e. The van der Waals surface area contributed by atoms with E-state index in [1.165, 1.54) is 21.8 Å². The van der Waals surface area contributed by atoms with Crippen molar-refractivity contribution in [2.45, 2.75) is 19.5 Å². The van der Waals surface area contributed by atoms with Crippen molar-refractivity contribution in [1.82, 2.24) is 19.7 Å². The van der Waals surface area contributed by atoms with Crippen LogP contribution in [0, 0.1) is 0 Å². The maximum atomic E-state index is 5.62. The Morgan fingerprint density at radius 1 is 1.50 bits per heavy atom. The van der Waals surface area contributed by atoms with Crippen molar-refractivity contribution >= 4 is 28.9 Å². The molecule has 0 saturated carbocycles. The van der Waals surface area contributed by atoms with Crippen molar-refractivity contribution in [1.29, 1.82) is 0 Å². The van der Waals surface area contributed by atoms with Gasteiger partial charge in [0.05, 0.1) is 6.20 Å². The Balaban J connectivity index is 0.00000162. The maximum Gasteiger partial charge on any atom is 0.180 e. The number of thiazole rings is 1. The van der Waals surface area contributed by atoms with Gasteiger partial charge in [0.25, 0.3) is 0 Å². The Hall–Kier alpha value is -1.11. The molecule has 0 saturated heterocycles. The molecule has 2 aromatic heterocycles. The number of aromatic nitrogens is 3. The van der Waals surface area contributed by atoms with E-state index in [2.05, 4.69) is 29.0 Å². The van der Waals surface area contributed by atoms with Gasteiger partial charge in [-0.05, 0) is 14.0 Å². The van der Waals surface area contributed by atoms with E-state index in [1.807, 2.05) is 30.3 Å². The number of hydrogen-bond donors (Lipinski definition) is 1. The Bertz CT molecular complexity index is 495. The highest BCUT2D eigenvalue weighted by atomic mass is 35.5. The molecule has 0 fully saturated rings. The zero-order chi connectivity index (χ0) is 12.4. The van der Waals surface area contributed by atoms with Crippen molar-refractivity contribution < 1.29 is 0 Å². The summed E-state index contributed by atoms with van der Waals surface area (Å²) in [5.74, 6) is 0. The Kier molecular flexibility index (Phi) is 5.13. The van der Waals surface area contributed by atoms with Crippen LogP contribution in [0.1, 0.15) is 23.4 Å².